The van der Waals surface area contributed by atoms with Gasteiger partial charge < -0.3 is 14.8 Å². The van der Waals surface area contributed by atoms with E-state index in [0.717, 1.165) is 23.1 Å². The first kappa shape index (κ1) is 19.2. The minimum Gasteiger partial charge on any atom is -0.324 e. The van der Waals surface area contributed by atoms with Crippen molar-refractivity contribution in [2.45, 2.75) is 32.0 Å². The van der Waals surface area contributed by atoms with E-state index in [1.165, 1.54) is 18.2 Å². The van der Waals surface area contributed by atoms with Crippen molar-refractivity contribution in [3.8, 4) is 0 Å². The molecular formula is C20H20F3N5O. The highest BCUT2D eigenvalue weighted by molar-refractivity contribution is 5.90. The van der Waals surface area contributed by atoms with Gasteiger partial charge in [0.1, 0.15) is 11.3 Å². The van der Waals surface area contributed by atoms with Crippen molar-refractivity contribution in [3.05, 3.63) is 54.0 Å². The standard InChI is InChI=1S/C20H20F3N5O/c1-13-25-17-7-4-10-24-18(17)28(13)14-8-11-27(12-9-14)19(29)26-16-6-3-2-5-15(16)20(21,22)23/h2-7,10,14H,8-9,11-12H2,1H3,(H,26,29). The Hall–Kier alpha value is -3.10. The fraction of sp³-hybridized carbons (Fsp3) is 0.350. The van der Waals surface area contributed by atoms with Crippen LogP contribution in [-0.4, -0.2) is 38.6 Å². The molecule has 152 valence electrons. The molecule has 0 unspecified atom stereocenters. The number of hydrogen-bond acceptors (Lipinski definition) is 3. The maximum atomic E-state index is 13.1. The quantitative estimate of drug-likeness (QED) is 0.679. The van der Waals surface area contributed by atoms with Gasteiger partial charge in [0.05, 0.1) is 11.3 Å². The van der Waals surface area contributed by atoms with Gasteiger partial charge in [-0.3, -0.25) is 0 Å². The second kappa shape index (κ2) is 7.38. The monoisotopic (exact) mass is 403 g/mol. The second-order valence-electron chi connectivity index (χ2n) is 7.07. The van der Waals surface area contributed by atoms with Crippen molar-refractivity contribution in [2.75, 3.05) is 18.4 Å². The summed E-state index contributed by atoms with van der Waals surface area (Å²) in [5.74, 6) is 0.862. The number of amides is 2. The number of likely N-dealkylation sites (tertiary alicyclic amines) is 1. The third-order valence-corrected chi connectivity index (χ3v) is 5.22. The number of alkyl halides is 3. The third kappa shape index (κ3) is 3.76. The molecule has 3 aromatic rings. The van der Waals surface area contributed by atoms with Crippen LogP contribution in [0.5, 0.6) is 0 Å². The van der Waals surface area contributed by atoms with Gasteiger partial charge in [-0.1, -0.05) is 12.1 Å². The minimum absolute atomic E-state index is 0.140. The van der Waals surface area contributed by atoms with Crippen molar-refractivity contribution in [2.24, 2.45) is 0 Å². The highest BCUT2D eigenvalue weighted by Gasteiger charge is 2.34. The number of anilines is 1. The number of aryl methyl sites for hydroxylation is 1. The maximum Gasteiger partial charge on any atom is 0.418 e. The molecule has 0 saturated carbocycles. The van der Waals surface area contributed by atoms with Crippen LogP contribution in [0.4, 0.5) is 23.7 Å². The number of para-hydroxylation sites is 1. The van der Waals surface area contributed by atoms with Crippen molar-refractivity contribution >= 4 is 22.9 Å². The fourth-order valence-electron chi connectivity index (χ4n) is 3.84. The van der Waals surface area contributed by atoms with E-state index >= 15 is 0 Å². The first-order chi connectivity index (χ1) is 13.8. The Balaban J connectivity index is 1.45. The number of piperidine rings is 1. The molecule has 1 aliphatic heterocycles. The van der Waals surface area contributed by atoms with E-state index in [9.17, 15) is 18.0 Å². The van der Waals surface area contributed by atoms with E-state index in [-0.39, 0.29) is 11.7 Å². The summed E-state index contributed by atoms with van der Waals surface area (Å²) in [5, 5.41) is 2.41. The van der Waals surface area contributed by atoms with Crippen LogP contribution in [0, 0.1) is 6.92 Å². The first-order valence-electron chi connectivity index (χ1n) is 9.36. The number of carbonyl (C=O) groups excluding carboxylic acids is 1. The van der Waals surface area contributed by atoms with Gasteiger partial charge in [-0.05, 0) is 44.0 Å². The van der Waals surface area contributed by atoms with Crippen molar-refractivity contribution in [1.29, 1.82) is 0 Å². The number of carbonyl (C=O) groups is 1. The van der Waals surface area contributed by atoms with Gasteiger partial charge in [-0.25, -0.2) is 14.8 Å². The molecule has 0 spiro atoms. The largest absolute Gasteiger partial charge is 0.418 e. The number of benzene rings is 1. The summed E-state index contributed by atoms with van der Waals surface area (Å²) in [6, 6.07) is 8.36. The van der Waals surface area contributed by atoms with Gasteiger partial charge in [0.2, 0.25) is 0 Å². The third-order valence-electron chi connectivity index (χ3n) is 5.22. The lowest BCUT2D eigenvalue weighted by molar-refractivity contribution is -0.136. The molecule has 1 N–H and O–H groups in total. The van der Waals surface area contributed by atoms with Crippen molar-refractivity contribution in [3.63, 3.8) is 0 Å². The molecule has 2 aromatic heterocycles. The van der Waals surface area contributed by atoms with Crippen molar-refractivity contribution < 1.29 is 18.0 Å². The highest BCUT2D eigenvalue weighted by atomic mass is 19.4. The van der Waals surface area contributed by atoms with Gasteiger partial charge in [0.25, 0.3) is 0 Å². The number of pyridine rings is 1. The van der Waals surface area contributed by atoms with Gasteiger partial charge in [-0.15, -0.1) is 0 Å². The van der Waals surface area contributed by atoms with E-state index in [2.05, 4.69) is 19.9 Å². The first-order valence-corrected chi connectivity index (χ1v) is 9.36. The van der Waals surface area contributed by atoms with Crippen LogP contribution in [0.15, 0.2) is 42.6 Å². The average Bonchev–Trinajstić information content (AvgIpc) is 3.03. The molecule has 1 fully saturated rings. The van der Waals surface area contributed by atoms with E-state index < -0.39 is 17.8 Å². The molecule has 0 aliphatic carbocycles. The molecule has 1 aliphatic rings. The number of fused-ring (bicyclic) bond motifs is 1. The lowest BCUT2D eigenvalue weighted by Gasteiger charge is -2.33. The van der Waals surface area contributed by atoms with Crippen LogP contribution >= 0.6 is 0 Å². The lowest BCUT2D eigenvalue weighted by Crippen LogP contribution is -2.41. The summed E-state index contributed by atoms with van der Waals surface area (Å²) in [7, 11) is 0. The van der Waals surface area contributed by atoms with Gasteiger partial charge in [-0.2, -0.15) is 13.2 Å². The number of nitrogens with zero attached hydrogens (tertiary/aromatic N) is 4. The number of aromatic nitrogens is 3. The zero-order valence-corrected chi connectivity index (χ0v) is 15.8. The molecule has 2 amide bonds. The topological polar surface area (TPSA) is 63.1 Å². The Morgan fingerprint density at radius 3 is 2.59 bits per heavy atom. The zero-order valence-electron chi connectivity index (χ0n) is 15.8. The summed E-state index contributed by atoms with van der Waals surface area (Å²) in [6.07, 6.45) is -1.45. The number of imidazole rings is 1. The lowest BCUT2D eigenvalue weighted by atomic mass is 10.0. The molecule has 0 radical (unpaired) electrons. The molecule has 0 bridgehead atoms. The van der Waals surface area contributed by atoms with Gasteiger partial charge in [0, 0.05) is 25.3 Å². The van der Waals surface area contributed by atoms with Gasteiger partial charge >= 0.3 is 12.2 Å². The number of halogens is 3. The van der Waals surface area contributed by atoms with Crippen LogP contribution in [-0.2, 0) is 6.18 Å². The molecule has 0 atom stereocenters. The Kier molecular flexibility index (Phi) is 4.89. The Bertz CT molecular complexity index is 1040. The zero-order chi connectivity index (χ0) is 20.6. The molecule has 1 saturated heterocycles. The molecule has 1 aromatic carbocycles. The van der Waals surface area contributed by atoms with Crippen LogP contribution in [0.2, 0.25) is 0 Å². The SMILES string of the molecule is Cc1nc2cccnc2n1C1CCN(C(=O)Nc2ccccc2C(F)(F)F)CC1. The molecule has 3 heterocycles. The number of urea groups is 1. The average molecular weight is 403 g/mol. The molecule has 4 rings (SSSR count). The number of nitrogens with one attached hydrogen (secondary N) is 1. The number of hydrogen-bond donors (Lipinski definition) is 1. The molecule has 6 nitrogen and oxygen atoms in total. The molecular weight excluding hydrogens is 383 g/mol. The normalized spacial score (nSPS) is 15.7. The summed E-state index contributed by atoms with van der Waals surface area (Å²) in [6.45, 7) is 2.81. The Labute approximate surface area is 165 Å². The Morgan fingerprint density at radius 1 is 1.14 bits per heavy atom. The Morgan fingerprint density at radius 2 is 1.86 bits per heavy atom. The fourth-order valence-corrected chi connectivity index (χ4v) is 3.84. The van der Waals surface area contributed by atoms with E-state index in [0.29, 0.717) is 25.9 Å². The highest BCUT2D eigenvalue weighted by Crippen LogP contribution is 2.35. The van der Waals surface area contributed by atoms with E-state index in [1.54, 1.807) is 11.1 Å². The smallest absolute Gasteiger partial charge is 0.324 e. The van der Waals surface area contributed by atoms with Crippen LogP contribution < -0.4 is 5.32 Å². The molecule has 9 heteroatoms. The second-order valence-corrected chi connectivity index (χ2v) is 7.07. The van der Waals surface area contributed by atoms with Crippen LogP contribution in [0.1, 0.15) is 30.3 Å². The predicted molar refractivity (Wildman–Crippen MR) is 103 cm³/mol. The van der Waals surface area contributed by atoms with E-state index in [1.807, 2.05) is 19.1 Å². The minimum atomic E-state index is -4.52. The summed E-state index contributed by atoms with van der Waals surface area (Å²) < 4.78 is 41.5. The summed E-state index contributed by atoms with van der Waals surface area (Å²) in [4.78, 5) is 23.0. The van der Waals surface area contributed by atoms with Crippen LogP contribution in [0.3, 0.4) is 0 Å². The van der Waals surface area contributed by atoms with Gasteiger partial charge in [0.15, 0.2) is 5.65 Å². The van der Waals surface area contributed by atoms with Crippen molar-refractivity contribution in [1.82, 2.24) is 19.4 Å². The number of rotatable bonds is 2. The maximum absolute atomic E-state index is 13.1. The summed E-state index contributed by atoms with van der Waals surface area (Å²) >= 11 is 0. The predicted octanol–water partition coefficient (Wildman–Crippen LogP) is 4.63. The molecule has 29 heavy (non-hydrogen) atoms. The summed E-state index contributed by atoms with van der Waals surface area (Å²) in [5.41, 5.74) is 0.559. The van der Waals surface area contributed by atoms with Crippen LogP contribution in [0.25, 0.3) is 11.2 Å². The van der Waals surface area contributed by atoms with E-state index in [4.69, 9.17) is 0 Å².